The first-order valence-electron chi connectivity index (χ1n) is 7.83. The molecule has 3 aromatic rings. The van der Waals surface area contributed by atoms with Gasteiger partial charge in [0.25, 0.3) is 5.91 Å². The Balaban J connectivity index is 1.80. The lowest BCUT2D eigenvalue weighted by molar-refractivity contribution is 0.102. The maximum Gasteiger partial charge on any atom is 0.274 e. The first kappa shape index (κ1) is 18.2. The van der Waals surface area contributed by atoms with Crippen molar-refractivity contribution in [1.29, 1.82) is 5.26 Å². The van der Waals surface area contributed by atoms with E-state index in [0.29, 0.717) is 33.5 Å². The maximum atomic E-state index is 12.5. The molecular formula is C19H14ClN5O2. The van der Waals surface area contributed by atoms with Crippen LogP contribution in [0.1, 0.15) is 16.1 Å². The summed E-state index contributed by atoms with van der Waals surface area (Å²) in [6.45, 7) is 0. The molecule has 0 bridgehead atoms. The minimum absolute atomic E-state index is 0.158. The number of methoxy groups -OCH3 is 1. The molecule has 8 heteroatoms. The van der Waals surface area contributed by atoms with E-state index in [-0.39, 0.29) is 5.69 Å². The topological polar surface area (TPSA) is 99.9 Å². The van der Waals surface area contributed by atoms with E-state index in [1.807, 2.05) is 0 Å². The van der Waals surface area contributed by atoms with E-state index < -0.39 is 5.91 Å². The van der Waals surface area contributed by atoms with Gasteiger partial charge in [-0.15, -0.1) is 0 Å². The predicted octanol–water partition coefficient (Wildman–Crippen LogP) is 4.01. The number of nitrogens with one attached hydrogen (secondary N) is 2. The summed E-state index contributed by atoms with van der Waals surface area (Å²) in [4.78, 5) is 20.6. The monoisotopic (exact) mass is 379 g/mol. The number of nitrogens with zero attached hydrogens (tertiary/aromatic N) is 3. The Bertz CT molecular complexity index is 1030. The summed E-state index contributed by atoms with van der Waals surface area (Å²) in [6.07, 6.45) is 1.28. The molecule has 0 radical (unpaired) electrons. The summed E-state index contributed by atoms with van der Waals surface area (Å²) >= 11 is 5.98. The van der Waals surface area contributed by atoms with Crippen molar-refractivity contribution in [1.82, 2.24) is 9.97 Å². The fourth-order valence-electron chi connectivity index (χ4n) is 2.33. The lowest BCUT2D eigenvalue weighted by Gasteiger charge is -2.11. The zero-order chi connectivity index (χ0) is 19.2. The maximum absolute atomic E-state index is 12.5. The Morgan fingerprint density at radius 3 is 2.81 bits per heavy atom. The molecule has 0 unspecified atom stereocenters. The highest BCUT2D eigenvalue weighted by Gasteiger charge is 2.13. The van der Waals surface area contributed by atoms with Crippen molar-refractivity contribution in [2.75, 3.05) is 17.7 Å². The number of rotatable bonds is 5. The van der Waals surface area contributed by atoms with Crippen molar-refractivity contribution < 1.29 is 9.53 Å². The normalized spacial score (nSPS) is 9.96. The van der Waals surface area contributed by atoms with Gasteiger partial charge in [0.05, 0.1) is 24.4 Å². The van der Waals surface area contributed by atoms with E-state index in [9.17, 15) is 4.79 Å². The molecule has 0 spiro atoms. The van der Waals surface area contributed by atoms with Crippen molar-refractivity contribution in [3.8, 4) is 11.8 Å². The van der Waals surface area contributed by atoms with Crippen molar-refractivity contribution in [2.24, 2.45) is 0 Å². The average Bonchev–Trinajstić information content (AvgIpc) is 2.68. The van der Waals surface area contributed by atoms with Crippen molar-refractivity contribution >= 4 is 34.7 Å². The van der Waals surface area contributed by atoms with Gasteiger partial charge < -0.3 is 15.4 Å². The van der Waals surface area contributed by atoms with Gasteiger partial charge in [-0.25, -0.2) is 9.97 Å². The van der Waals surface area contributed by atoms with Gasteiger partial charge in [0, 0.05) is 16.8 Å². The highest BCUT2D eigenvalue weighted by molar-refractivity contribution is 6.31. The Morgan fingerprint density at radius 1 is 1.19 bits per heavy atom. The van der Waals surface area contributed by atoms with Gasteiger partial charge in [-0.2, -0.15) is 5.26 Å². The molecule has 0 saturated heterocycles. The molecule has 7 nitrogen and oxygen atoms in total. The van der Waals surface area contributed by atoms with E-state index in [0.717, 1.165) is 0 Å². The molecule has 0 saturated carbocycles. The van der Waals surface area contributed by atoms with Crippen LogP contribution in [0.25, 0.3) is 0 Å². The summed E-state index contributed by atoms with van der Waals surface area (Å²) in [7, 11) is 1.50. The second kappa shape index (κ2) is 8.17. The smallest absolute Gasteiger partial charge is 0.274 e. The fraction of sp³-hybridized carbons (Fsp3) is 0.0526. The van der Waals surface area contributed by atoms with Crippen LogP contribution >= 0.6 is 11.6 Å². The molecule has 1 aromatic heterocycles. The van der Waals surface area contributed by atoms with Crippen molar-refractivity contribution in [3.05, 3.63) is 71.1 Å². The molecule has 0 atom stereocenters. The van der Waals surface area contributed by atoms with Gasteiger partial charge in [0.2, 0.25) is 0 Å². The molecule has 27 heavy (non-hydrogen) atoms. The zero-order valence-corrected chi connectivity index (χ0v) is 15.0. The number of benzene rings is 2. The van der Waals surface area contributed by atoms with Gasteiger partial charge in [-0.3, -0.25) is 4.79 Å². The summed E-state index contributed by atoms with van der Waals surface area (Å²) < 4.78 is 5.22. The molecule has 1 heterocycles. The molecule has 0 aliphatic heterocycles. The average molecular weight is 380 g/mol. The molecule has 0 aliphatic rings. The molecule has 1 amide bonds. The Labute approximate surface area is 160 Å². The van der Waals surface area contributed by atoms with Crippen LogP contribution < -0.4 is 15.4 Å². The second-order valence-electron chi connectivity index (χ2n) is 5.40. The van der Waals surface area contributed by atoms with E-state index >= 15 is 0 Å². The van der Waals surface area contributed by atoms with Gasteiger partial charge in [0.1, 0.15) is 23.6 Å². The van der Waals surface area contributed by atoms with Crippen LogP contribution in [0.15, 0.2) is 54.9 Å². The second-order valence-corrected chi connectivity index (χ2v) is 5.84. The van der Waals surface area contributed by atoms with Crippen LogP contribution in [0, 0.1) is 11.3 Å². The quantitative estimate of drug-likeness (QED) is 0.694. The molecule has 2 aromatic carbocycles. The third kappa shape index (κ3) is 4.51. The number of amides is 1. The Hall–Kier alpha value is -3.63. The lowest BCUT2D eigenvalue weighted by Crippen LogP contribution is -2.15. The molecular weight excluding hydrogens is 366 g/mol. The molecule has 2 N–H and O–H groups in total. The number of ether oxygens (including phenoxy) is 1. The third-order valence-corrected chi connectivity index (χ3v) is 3.81. The van der Waals surface area contributed by atoms with Crippen LogP contribution in [-0.4, -0.2) is 23.0 Å². The van der Waals surface area contributed by atoms with Crippen LogP contribution in [0.5, 0.6) is 5.75 Å². The largest absolute Gasteiger partial charge is 0.495 e. The number of anilines is 3. The van der Waals surface area contributed by atoms with E-state index in [4.69, 9.17) is 21.6 Å². The summed E-state index contributed by atoms with van der Waals surface area (Å²) in [5.74, 6) is 0.462. The molecule has 0 aliphatic carbocycles. The molecule has 3 rings (SSSR count). The summed E-state index contributed by atoms with van der Waals surface area (Å²) in [5.41, 5.74) is 1.78. The summed E-state index contributed by atoms with van der Waals surface area (Å²) in [5, 5.41) is 15.2. The van der Waals surface area contributed by atoms with E-state index in [1.54, 1.807) is 42.5 Å². The van der Waals surface area contributed by atoms with Crippen LogP contribution in [0.2, 0.25) is 5.02 Å². The van der Waals surface area contributed by atoms with Gasteiger partial charge in [0.15, 0.2) is 0 Å². The summed E-state index contributed by atoms with van der Waals surface area (Å²) in [6, 6.07) is 15.4. The number of hydrogen-bond acceptors (Lipinski definition) is 6. The molecule has 0 fully saturated rings. The van der Waals surface area contributed by atoms with E-state index in [1.165, 1.54) is 19.5 Å². The first-order valence-corrected chi connectivity index (χ1v) is 8.21. The Morgan fingerprint density at radius 2 is 2.04 bits per heavy atom. The zero-order valence-electron chi connectivity index (χ0n) is 14.2. The Kier molecular flexibility index (Phi) is 5.50. The van der Waals surface area contributed by atoms with Gasteiger partial charge >= 0.3 is 0 Å². The number of nitriles is 1. The minimum Gasteiger partial charge on any atom is -0.495 e. The number of halogens is 1. The van der Waals surface area contributed by atoms with Crippen molar-refractivity contribution in [3.63, 3.8) is 0 Å². The van der Waals surface area contributed by atoms with Crippen LogP contribution in [0.4, 0.5) is 17.2 Å². The third-order valence-electron chi connectivity index (χ3n) is 3.57. The van der Waals surface area contributed by atoms with Gasteiger partial charge in [-0.1, -0.05) is 17.7 Å². The number of carbonyl (C=O) groups excluding carboxylic acids is 1. The van der Waals surface area contributed by atoms with Crippen molar-refractivity contribution in [2.45, 2.75) is 0 Å². The highest BCUT2D eigenvalue weighted by atomic mass is 35.5. The lowest BCUT2D eigenvalue weighted by atomic mass is 10.2. The predicted molar refractivity (Wildman–Crippen MR) is 102 cm³/mol. The van der Waals surface area contributed by atoms with Gasteiger partial charge in [-0.05, 0) is 36.4 Å². The fourth-order valence-corrected chi connectivity index (χ4v) is 2.50. The number of aromatic nitrogens is 2. The van der Waals surface area contributed by atoms with E-state index in [2.05, 4.69) is 26.7 Å². The minimum atomic E-state index is -0.438. The first-order chi connectivity index (χ1) is 13.1. The SMILES string of the molecule is COc1ccc(Cl)cc1NC(=O)c1cc(Nc2cccc(C#N)c2)ncn1. The van der Waals surface area contributed by atoms with Crippen LogP contribution in [-0.2, 0) is 0 Å². The standard InChI is InChI=1S/C19H14ClN5O2/c1-27-17-6-5-13(20)8-15(17)25-19(26)16-9-18(23-11-22-16)24-14-4-2-3-12(7-14)10-21/h2-9,11H,1H3,(H,25,26)(H,22,23,24). The molecule has 134 valence electrons. The highest BCUT2D eigenvalue weighted by Crippen LogP contribution is 2.28. The number of carbonyl (C=O) groups is 1. The van der Waals surface area contributed by atoms with Crippen LogP contribution in [0.3, 0.4) is 0 Å². The number of hydrogen-bond donors (Lipinski definition) is 2.